The van der Waals surface area contributed by atoms with Crippen molar-refractivity contribution in [3.8, 4) is 0 Å². The van der Waals surface area contributed by atoms with Crippen LogP contribution < -0.4 is 10.2 Å². The smallest absolute Gasteiger partial charge is 0.401 e. The van der Waals surface area contributed by atoms with Crippen molar-refractivity contribution in [2.45, 2.75) is 19.0 Å². The number of carboxylic acids is 1. The molecule has 1 atom stereocenters. The zero-order valence-electron chi connectivity index (χ0n) is 15.7. The Bertz CT molecular complexity index is 991. The molecule has 0 saturated carbocycles. The Morgan fingerprint density at radius 1 is 1.38 bits per heavy atom. The van der Waals surface area contributed by atoms with E-state index in [1.807, 2.05) is 11.4 Å². The largest absolute Gasteiger partial charge is 0.481 e. The molecule has 0 radical (unpaired) electrons. The Morgan fingerprint density at radius 3 is 2.83 bits per heavy atom. The van der Waals surface area contributed by atoms with Gasteiger partial charge in [0.15, 0.2) is 5.65 Å². The van der Waals surface area contributed by atoms with Crippen LogP contribution in [0.3, 0.4) is 0 Å². The molecule has 1 saturated heterocycles. The van der Waals surface area contributed by atoms with Crippen LogP contribution in [0.5, 0.6) is 0 Å². The average Bonchev–Trinajstić information content (AvgIpc) is 3.16. The fraction of sp³-hybridized carbons (Fsp3) is 0.444. The van der Waals surface area contributed by atoms with Gasteiger partial charge in [-0.3, -0.25) is 4.79 Å². The predicted molar refractivity (Wildman–Crippen MR) is 102 cm³/mol. The molecular weight excluding hydrogens is 389 g/mol. The summed E-state index contributed by atoms with van der Waals surface area (Å²) in [6.07, 6.45) is 2.61. The molecule has 0 amide bonds. The van der Waals surface area contributed by atoms with Crippen LogP contribution in [0.25, 0.3) is 21.9 Å². The number of fused-ring (bicyclic) bond motifs is 3. The number of rotatable bonds is 3. The normalized spacial score (nSPS) is 17.2. The van der Waals surface area contributed by atoms with Crippen molar-refractivity contribution in [3.63, 3.8) is 0 Å². The molecule has 156 valence electrons. The number of nitrogens with one attached hydrogen (secondary N) is 2. The lowest BCUT2D eigenvalue weighted by Gasteiger charge is -2.32. The molecule has 0 spiro atoms. The molecule has 3 aromatic heterocycles. The average molecular weight is 410 g/mol. The van der Waals surface area contributed by atoms with Crippen molar-refractivity contribution < 1.29 is 23.1 Å². The summed E-state index contributed by atoms with van der Waals surface area (Å²) < 4.78 is 33.0. The third kappa shape index (κ3) is 4.91. The van der Waals surface area contributed by atoms with Crippen molar-refractivity contribution in [2.75, 3.05) is 31.6 Å². The van der Waals surface area contributed by atoms with Gasteiger partial charge in [-0.1, -0.05) is 0 Å². The zero-order chi connectivity index (χ0) is 21.0. The molecular formula is C18H21F3N6O2. The summed E-state index contributed by atoms with van der Waals surface area (Å²) in [7, 11) is 1.26. The van der Waals surface area contributed by atoms with E-state index in [4.69, 9.17) is 0 Å². The van der Waals surface area contributed by atoms with E-state index in [-0.39, 0.29) is 5.92 Å². The molecule has 8 nitrogen and oxygen atoms in total. The summed E-state index contributed by atoms with van der Waals surface area (Å²) in [6, 6.07) is 1.92. The summed E-state index contributed by atoms with van der Waals surface area (Å²) in [6.45, 7) is 0.389. The number of hydrogen-bond acceptors (Lipinski definition) is 6. The number of piperidine rings is 1. The fourth-order valence-corrected chi connectivity index (χ4v) is 3.35. The van der Waals surface area contributed by atoms with Crippen molar-refractivity contribution in [1.82, 2.24) is 25.3 Å². The SMILES string of the molecule is CNCC(F)(F)F.O=C(O)C1CCCN(c2nc[nH]c3cnc4nccc4c23)C1. The fourth-order valence-electron chi connectivity index (χ4n) is 3.35. The third-order valence-corrected chi connectivity index (χ3v) is 4.61. The molecule has 1 fully saturated rings. The van der Waals surface area contributed by atoms with E-state index in [1.54, 1.807) is 18.7 Å². The molecule has 1 aliphatic rings. The lowest BCUT2D eigenvalue weighted by Crippen LogP contribution is -2.39. The van der Waals surface area contributed by atoms with Gasteiger partial charge in [0.25, 0.3) is 0 Å². The molecule has 11 heteroatoms. The number of anilines is 1. The van der Waals surface area contributed by atoms with E-state index in [2.05, 4.69) is 24.8 Å². The monoisotopic (exact) mass is 410 g/mol. The number of nitrogens with zero attached hydrogens (tertiary/aromatic N) is 4. The predicted octanol–water partition coefficient (Wildman–Crippen LogP) is 2.58. The highest BCUT2D eigenvalue weighted by Crippen LogP contribution is 2.31. The van der Waals surface area contributed by atoms with Crippen LogP contribution in [0.2, 0.25) is 0 Å². The highest BCUT2D eigenvalue weighted by atomic mass is 19.4. The topological polar surface area (TPSA) is 107 Å². The molecule has 4 rings (SSSR count). The summed E-state index contributed by atoms with van der Waals surface area (Å²) >= 11 is 0. The minimum atomic E-state index is -4.06. The van der Waals surface area contributed by atoms with Gasteiger partial charge in [-0.2, -0.15) is 13.2 Å². The van der Waals surface area contributed by atoms with Crippen LogP contribution in [0.15, 0.2) is 24.8 Å². The van der Waals surface area contributed by atoms with Crippen LogP contribution in [0.4, 0.5) is 19.0 Å². The Morgan fingerprint density at radius 2 is 2.17 bits per heavy atom. The van der Waals surface area contributed by atoms with Crippen LogP contribution in [0.1, 0.15) is 12.8 Å². The number of alkyl halides is 3. The van der Waals surface area contributed by atoms with Gasteiger partial charge in [0.05, 0.1) is 35.9 Å². The summed E-state index contributed by atoms with van der Waals surface area (Å²) in [4.78, 5) is 29.5. The molecule has 0 bridgehead atoms. The number of aromatic nitrogens is 4. The number of carbonyl (C=O) groups is 1. The number of aromatic amines is 1. The van der Waals surface area contributed by atoms with Gasteiger partial charge >= 0.3 is 12.1 Å². The molecule has 1 unspecified atom stereocenters. The first kappa shape index (κ1) is 20.8. The zero-order valence-corrected chi connectivity index (χ0v) is 15.7. The standard InChI is InChI=1S/C15H15N5O2.C3H6F3N/c21-15(22)9-2-1-5-20(7-9)14-12-10-3-4-16-13(10)17-6-11(12)18-8-19-14;1-7-2-3(4,5)6/h3-4,6,8-9H,1-2,5,7H2,(H,18,19)(H,21,22);7H,2H2,1H3. The molecule has 0 aromatic carbocycles. The second-order valence-electron chi connectivity index (χ2n) is 6.72. The Labute approximate surface area is 164 Å². The maximum Gasteiger partial charge on any atom is 0.401 e. The van der Waals surface area contributed by atoms with E-state index in [0.29, 0.717) is 12.2 Å². The number of carboxylic acid groups (broad SMARTS) is 1. The number of aliphatic carboxylic acids is 1. The second kappa shape index (κ2) is 8.60. The van der Waals surface area contributed by atoms with Gasteiger partial charge in [-0.05, 0) is 26.0 Å². The number of H-pyrrole nitrogens is 1. The number of pyridine rings is 1. The molecule has 0 aliphatic carbocycles. The van der Waals surface area contributed by atoms with Crippen molar-refractivity contribution in [3.05, 3.63) is 24.8 Å². The minimum absolute atomic E-state index is 0.343. The molecule has 1 aliphatic heterocycles. The maximum atomic E-state index is 11.3. The van der Waals surface area contributed by atoms with Crippen molar-refractivity contribution in [2.24, 2.45) is 5.92 Å². The Balaban J connectivity index is 0.000000298. The lowest BCUT2D eigenvalue weighted by atomic mass is 9.98. The summed E-state index contributed by atoms with van der Waals surface area (Å²) in [5.74, 6) is -0.275. The van der Waals surface area contributed by atoms with Crippen molar-refractivity contribution >= 4 is 33.7 Å². The van der Waals surface area contributed by atoms with E-state index in [0.717, 1.165) is 41.5 Å². The van der Waals surface area contributed by atoms with Crippen LogP contribution in [0, 0.1) is 5.92 Å². The first-order chi connectivity index (χ1) is 13.8. The van der Waals surface area contributed by atoms with Gasteiger partial charge in [0, 0.05) is 24.7 Å². The maximum absolute atomic E-state index is 11.3. The van der Waals surface area contributed by atoms with Gasteiger partial charge < -0.3 is 20.3 Å². The molecule has 29 heavy (non-hydrogen) atoms. The van der Waals surface area contributed by atoms with Crippen LogP contribution in [-0.4, -0.2) is 63.9 Å². The molecule has 3 aromatic rings. The number of halogens is 3. The molecule has 3 N–H and O–H groups in total. The van der Waals surface area contributed by atoms with Crippen LogP contribution >= 0.6 is 0 Å². The Hall–Kier alpha value is -2.95. The quantitative estimate of drug-likeness (QED) is 0.609. The van der Waals surface area contributed by atoms with E-state index in [9.17, 15) is 23.1 Å². The summed E-state index contributed by atoms with van der Waals surface area (Å²) in [5.41, 5.74) is 1.56. The lowest BCUT2D eigenvalue weighted by molar-refractivity contribution is -0.142. The van der Waals surface area contributed by atoms with E-state index in [1.165, 1.54) is 7.05 Å². The third-order valence-electron chi connectivity index (χ3n) is 4.61. The second-order valence-corrected chi connectivity index (χ2v) is 6.72. The van der Waals surface area contributed by atoms with Gasteiger partial charge in [-0.25, -0.2) is 15.0 Å². The highest BCUT2D eigenvalue weighted by molar-refractivity contribution is 6.08. The first-order valence-electron chi connectivity index (χ1n) is 9.06. The first-order valence-corrected chi connectivity index (χ1v) is 9.06. The highest BCUT2D eigenvalue weighted by Gasteiger charge is 2.27. The minimum Gasteiger partial charge on any atom is -0.481 e. The van der Waals surface area contributed by atoms with Crippen LogP contribution in [-0.2, 0) is 4.79 Å². The van der Waals surface area contributed by atoms with Gasteiger partial charge in [0.1, 0.15) is 5.82 Å². The molecule has 4 heterocycles. The van der Waals surface area contributed by atoms with Gasteiger partial charge in [-0.15, -0.1) is 0 Å². The summed E-state index contributed by atoms with van der Waals surface area (Å²) in [5, 5.41) is 13.2. The van der Waals surface area contributed by atoms with Gasteiger partial charge in [0.2, 0.25) is 0 Å². The van der Waals surface area contributed by atoms with E-state index >= 15 is 0 Å². The number of hydrogen-bond donors (Lipinski definition) is 3. The van der Waals surface area contributed by atoms with Crippen molar-refractivity contribution in [1.29, 1.82) is 0 Å². The van der Waals surface area contributed by atoms with E-state index < -0.39 is 18.7 Å². The Kier molecular flexibility index (Phi) is 6.16.